The highest BCUT2D eigenvalue weighted by Gasteiger charge is 2.29. The SMILES string of the molecule is C[C@@H](CCCc1cccc(F)c1)C[C@@](C)(N)C(=O)O. The Balaban J connectivity index is 2.35. The predicted molar refractivity (Wildman–Crippen MR) is 73.3 cm³/mol. The molecule has 0 saturated carbocycles. The normalized spacial score (nSPS) is 15.8. The van der Waals surface area contributed by atoms with Gasteiger partial charge in [0.25, 0.3) is 0 Å². The quantitative estimate of drug-likeness (QED) is 0.798. The van der Waals surface area contributed by atoms with Gasteiger partial charge in [-0.3, -0.25) is 4.79 Å². The molecule has 3 N–H and O–H groups in total. The van der Waals surface area contributed by atoms with Gasteiger partial charge in [-0.1, -0.05) is 25.5 Å². The van der Waals surface area contributed by atoms with Gasteiger partial charge in [-0.05, 0) is 49.8 Å². The van der Waals surface area contributed by atoms with Gasteiger partial charge in [0.1, 0.15) is 11.4 Å². The van der Waals surface area contributed by atoms with Gasteiger partial charge in [-0.25, -0.2) is 4.39 Å². The molecule has 0 unspecified atom stereocenters. The Labute approximate surface area is 113 Å². The molecule has 4 heteroatoms. The fourth-order valence-electron chi connectivity index (χ4n) is 2.26. The third-order valence-electron chi connectivity index (χ3n) is 3.31. The first-order valence-corrected chi connectivity index (χ1v) is 6.58. The highest BCUT2D eigenvalue weighted by Crippen LogP contribution is 2.20. The lowest BCUT2D eigenvalue weighted by Gasteiger charge is -2.23. The summed E-state index contributed by atoms with van der Waals surface area (Å²) in [6, 6.07) is 6.57. The van der Waals surface area contributed by atoms with Crippen LogP contribution in [0.5, 0.6) is 0 Å². The number of carboxylic acids is 1. The zero-order valence-corrected chi connectivity index (χ0v) is 11.5. The van der Waals surface area contributed by atoms with Crippen LogP contribution in [-0.2, 0) is 11.2 Å². The van der Waals surface area contributed by atoms with Crippen molar-refractivity contribution in [2.24, 2.45) is 11.7 Å². The van der Waals surface area contributed by atoms with Crippen molar-refractivity contribution in [3.05, 3.63) is 35.6 Å². The fraction of sp³-hybridized carbons (Fsp3) is 0.533. The minimum Gasteiger partial charge on any atom is -0.480 e. The molecule has 0 aliphatic carbocycles. The number of hydrogen-bond donors (Lipinski definition) is 2. The second-order valence-electron chi connectivity index (χ2n) is 5.55. The molecule has 0 fully saturated rings. The zero-order valence-electron chi connectivity index (χ0n) is 11.5. The summed E-state index contributed by atoms with van der Waals surface area (Å²) in [5, 5.41) is 8.96. The third kappa shape index (κ3) is 5.39. The molecular weight excluding hydrogens is 245 g/mol. The lowest BCUT2D eigenvalue weighted by atomic mass is 9.87. The molecule has 3 nitrogen and oxygen atoms in total. The molecule has 0 aliphatic heterocycles. The number of halogens is 1. The van der Waals surface area contributed by atoms with Crippen molar-refractivity contribution < 1.29 is 14.3 Å². The monoisotopic (exact) mass is 267 g/mol. The number of carboxylic acid groups (broad SMARTS) is 1. The van der Waals surface area contributed by atoms with E-state index in [1.54, 1.807) is 13.0 Å². The van der Waals surface area contributed by atoms with E-state index in [1.165, 1.54) is 12.1 Å². The molecule has 2 atom stereocenters. The number of rotatable bonds is 7. The molecule has 0 radical (unpaired) electrons. The summed E-state index contributed by atoms with van der Waals surface area (Å²) in [7, 11) is 0. The Morgan fingerprint density at radius 1 is 1.53 bits per heavy atom. The fourth-order valence-corrected chi connectivity index (χ4v) is 2.26. The molecule has 0 amide bonds. The summed E-state index contributed by atoms with van der Waals surface area (Å²) in [6.45, 7) is 3.54. The molecule has 0 saturated heterocycles. The maximum atomic E-state index is 13.0. The maximum absolute atomic E-state index is 13.0. The van der Waals surface area contributed by atoms with Gasteiger partial charge in [0.2, 0.25) is 0 Å². The van der Waals surface area contributed by atoms with E-state index in [2.05, 4.69) is 0 Å². The zero-order chi connectivity index (χ0) is 14.5. The Morgan fingerprint density at radius 3 is 2.79 bits per heavy atom. The van der Waals surface area contributed by atoms with E-state index in [9.17, 15) is 9.18 Å². The van der Waals surface area contributed by atoms with Gasteiger partial charge in [0.05, 0.1) is 0 Å². The van der Waals surface area contributed by atoms with Crippen molar-refractivity contribution >= 4 is 5.97 Å². The average Bonchev–Trinajstić information content (AvgIpc) is 2.28. The first kappa shape index (κ1) is 15.6. The molecule has 1 rings (SSSR count). The maximum Gasteiger partial charge on any atom is 0.323 e. The smallest absolute Gasteiger partial charge is 0.323 e. The van der Waals surface area contributed by atoms with Gasteiger partial charge in [-0.15, -0.1) is 0 Å². The molecule has 19 heavy (non-hydrogen) atoms. The summed E-state index contributed by atoms with van der Waals surface area (Å²) in [4.78, 5) is 10.9. The predicted octanol–water partition coefficient (Wildman–Crippen LogP) is 2.98. The third-order valence-corrected chi connectivity index (χ3v) is 3.31. The molecule has 1 aromatic carbocycles. The van der Waals surface area contributed by atoms with Crippen LogP contribution in [0.4, 0.5) is 4.39 Å². The van der Waals surface area contributed by atoms with E-state index in [1.807, 2.05) is 13.0 Å². The summed E-state index contributed by atoms with van der Waals surface area (Å²) in [5.41, 5.74) is 5.52. The highest BCUT2D eigenvalue weighted by molar-refractivity contribution is 5.77. The second-order valence-corrected chi connectivity index (χ2v) is 5.55. The minimum absolute atomic E-state index is 0.217. The number of aliphatic carboxylic acids is 1. The van der Waals surface area contributed by atoms with Crippen LogP contribution < -0.4 is 5.73 Å². The molecule has 0 heterocycles. The van der Waals surface area contributed by atoms with E-state index < -0.39 is 11.5 Å². The van der Waals surface area contributed by atoms with Crippen LogP contribution in [-0.4, -0.2) is 16.6 Å². The van der Waals surface area contributed by atoms with Gasteiger partial charge in [0, 0.05) is 0 Å². The van der Waals surface area contributed by atoms with Crippen LogP contribution in [0.25, 0.3) is 0 Å². The Bertz CT molecular complexity index is 432. The molecule has 1 aromatic rings. The summed E-state index contributed by atoms with van der Waals surface area (Å²) in [5.74, 6) is -0.949. The van der Waals surface area contributed by atoms with Crippen molar-refractivity contribution in [1.29, 1.82) is 0 Å². The van der Waals surface area contributed by atoms with Crippen LogP contribution >= 0.6 is 0 Å². The number of hydrogen-bond acceptors (Lipinski definition) is 2. The number of carbonyl (C=O) groups is 1. The highest BCUT2D eigenvalue weighted by atomic mass is 19.1. The van der Waals surface area contributed by atoms with Crippen molar-refractivity contribution in [2.45, 2.75) is 45.1 Å². The Kier molecular flexibility index (Phi) is 5.48. The van der Waals surface area contributed by atoms with Crippen LogP contribution in [0, 0.1) is 11.7 Å². The van der Waals surface area contributed by atoms with Crippen LogP contribution in [0.1, 0.15) is 38.7 Å². The largest absolute Gasteiger partial charge is 0.480 e. The first-order chi connectivity index (χ1) is 8.81. The van der Waals surface area contributed by atoms with E-state index >= 15 is 0 Å². The number of nitrogens with two attached hydrogens (primary N) is 1. The van der Waals surface area contributed by atoms with E-state index in [-0.39, 0.29) is 11.7 Å². The average molecular weight is 267 g/mol. The standard InChI is InChI=1S/C15H22FNO2/c1-11(10-15(2,17)14(18)19)5-3-6-12-7-4-8-13(16)9-12/h4,7-9,11H,3,5-6,10,17H2,1-2H3,(H,18,19)/t11-,15+/m0/s1. The van der Waals surface area contributed by atoms with Gasteiger partial charge < -0.3 is 10.8 Å². The molecule has 0 spiro atoms. The van der Waals surface area contributed by atoms with E-state index in [0.717, 1.165) is 24.8 Å². The lowest BCUT2D eigenvalue weighted by Crippen LogP contribution is -2.46. The van der Waals surface area contributed by atoms with Crippen molar-refractivity contribution in [3.8, 4) is 0 Å². The summed E-state index contributed by atoms with van der Waals surface area (Å²) in [6.07, 6.45) is 3.04. The number of benzene rings is 1. The molecule has 0 aromatic heterocycles. The number of aryl methyl sites for hydroxylation is 1. The first-order valence-electron chi connectivity index (χ1n) is 6.58. The van der Waals surface area contributed by atoms with E-state index in [0.29, 0.717) is 6.42 Å². The minimum atomic E-state index is -1.17. The van der Waals surface area contributed by atoms with Crippen LogP contribution in [0.15, 0.2) is 24.3 Å². The summed E-state index contributed by atoms with van der Waals surface area (Å²) < 4.78 is 13.0. The second kappa shape index (κ2) is 6.66. The Hall–Kier alpha value is -1.42. The molecular formula is C15H22FNO2. The van der Waals surface area contributed by atoms with Crippen LogP contribution in [0.2, 0.25) is 0 Å². The Morgan fingerprint density at radius 2 is 2.21 bits per heavy atom. The molecule has 0 aliphatic rings. The van der Waals surface area contributed by atoms with E-state index in [4.69, 9.17) is 10.8 Å². The topological polar surface area (TPSA) is 63.3 Å². The lowest BCUT2D eigenvalue weighted by molar-refractivity contribution is -0.143. The van der Waals surface area contributed by atoms with Gasteiger partial charge in [0.15, 0.2) is 0 Å². The van der Waals surface area contributed by atoms with Gasteiger partial charge >= 0.3 is 5.97 Å². The molecule has 106 valence electrons. The molecule has 0 bridgehead atoms. The van der Waals surface area contributed by atoms with Crippen LogP contribution in [0.3, 0.4) is 0 Å². The van der Waals surface area contributed by atoms with Gasteiger partial charge in [-0.2, -0.15) is 0 Å². The summed E-state index contributed by atoms with van der Waals surface area (Å²) >= 11 is 0. The van der Waals surface area contributed by atoms with Crippen molar-refractivity contribution in [2.75, 3.05) is 0 Å². The van der Waals surface area contributed by atoms with Crippen molar-refractivity contribution in [1.82, 2.24) is 0 Å². The van der Waals surface area contributed by atoms with Crippen molar-refractivity contribution in [3.63, 3.8) is 0 Å².